The zero-order chi connectivity index (χ0) is 13.4. The molecule has 0 aliphatic heterocycles. The fourth-order valence-electron chi connectivity index (χ4n) is 1.58. The molecule has 0 heterocycles. The van der Waals surface area contributed by atoms with Crippen molar-refractivity contribution in [3.8, 4) is 11.5 Å². The molecule has 0 saturated carbocycles. The van der Waals surface area contributed by atoms with Gasteiger partial charge >= 0.3 is 0 Å². The van der Waals surface area contributed by atoms with Crippen molar-refractivity contribution < 1.29 is 19.7 Å². The van der Waals surface area contributed by atoms with Gasteiger partial charge in [-0.3, -0.25) is 0 Å². The van der Waals surface area contributed by atoms with Gasteiger partial charge in [0.05, 0.1) is 26.4 Å². The Bertz CT molecular complexity index is 357. The quantitative estimate of drug-likeness (QED) is 0.632. The van der Waals surface area contributed by atoms with Crippen molar-refractivity contribution in [2.24, 2.45) is 0 Å². The first-order valence-electron chi connectivity index (χ1n) is 6.00. The number of hydrogen-bond acceptors (Lipinski definition) is 5. The molecule has 1 unspecified atom stereocenters. The molecule has 102 valence electrons. The zero-order valence-electron chi connectivity index (χ0n) is 10.8. The lowest BCUT2D eigenvalue weighted by Gasteiger charge is -2.17. The summed E-state index contributed by atoms with van der Waals surface area (Å²) in [5, 5.41) is 21.3. The van der Waals surface area contributed by atoms with Crippen molar-refractivity contribution in [1.82, 2.24) is 5.32 Å². The van der Waals surface area contributed by atoms with Gasteiger partial charge in [-0.25, -0.2) is 0 Å². The molecule has 18 heavy (non-hydrogen) atoms. The minimum atomic E-state index is -0.0998. The Morgan fingerprint density at radius 1 is 1.28 bits per heavy atom. The number of aliphatic hydroxyl groups is 2. The van der Waals surface area contributed by atoms with Crippen LogP contribution in [0.15, 0.2) is 18.2 Å². The number of hydrogen-bond donors (Lipinski definition) is 3. The van der Waals surface area contributed by atoms with Gasteiger partial charge in [0, 0.05) is 0 Å². The van der Waals surface area contributed by atoms with E-state index >= 15 is 0 Å². The van der Waals surface area contributed by atoms with Crippen LogP contribution in [0.4, 0.5) is 0 Å². The third-order valence-electron chi connectivity index (χ3n) is 2.56. The fourth-order valence-corrected chi connectivity index (χ4v) is 1.58. The molecule has 0 spiro atoms. The van der Waals surface area contributed by atoms with Gasteiger partial charge in [-0.05, 0) is 24.2 Å². The van der Waals surface area contributed by atoms with Crippen LogP contribution >= 0.6 is 0 Å². The Labute approximate surface area is 107 Å². The second kappa shape index (κ2) is 7.92. The van der Waals surface area contributed by atoms with E-state index in [2.05, 4.69) is 5.32 Å². The normalized spacial score (nSPS) is 12.2. The molecule has 3 N–H and O–H groups in total. The van der Waals surface area contributed by atoms with E-state index in [1.807, 2.05) is 6.92 Å². The summed E-state index contributed by atoms with van der Waals surface area (Å²) in [5.74, 6) is 1.18. The van der Waals surface area contributed by atoms with Crippen LogP contribution in [-0.4, -0.2) is 43.1 Å². The van der Waals surface area contributed by atoms with Crippen LogP contribution in [0.1, 0.15) is 12.5 Å². The van der Waals surface area contributed by atoms with E-state index < -0.39 is 0 Å². The number of rotatable bonds is 8. The highest BCUT2D eigenvalue weighted by Crippen LogP contribution is 2.28. The predicted molar refractivity (Wildman–Crippen MR) is 69.0 cm³/mol. The zero-order valence-corrected chi connectivity index (χ0v) is 10.8. The summed E-state index contributed by atoms with van der Waals surface area (Å²) in [7, 11) is 1.55. The lowest BCUT2D eigenvalue weighted by molar-refractivity contribution is 0.181. The summed E-state index contributed by atoms with van der Waals surface area (Å²) in [6.07, 6.45) is 0. The van der Waals surface area contributed by atoms with E-state index in [9.17, 15) is 0 Å². The first-order chi connectivity index (χ1) is 8.74. The van der Waals surface area contributed by atoms with E-state index in [0.717, 1.165) is 12.1 Å². The minimum Gasteiger partial charge on any atom is -0.493 e. The van der Waals surface area contributed by atoms with Crippen molar-refractivity contribution in [2.45, 2.75) is 19.6 Å². The predicted octanol–water partition coefficient (Wildman–Crippen LogP) is 0.537. The van der Waals surface area contributed by atoms with E-state index in [1.54, 1.807) is 25.3 Å². The third kappa shape index (κ3) is 4.18. The summed E-state index contributed by atoms with van der Waals surface area (Å²) < 4.78 is 10.8. The van der Waals surface area contributed by atoms with E-state index in [-0.39, 0.29) is 19.3 Å². The molecular weight excluding hydrogens is 234 g/mol. The van der Waals surface area contributed by atoms with Gasteiger partial charge in [-0.2, -0.15) is 0 Å². The molecule has 0 saturated heterocycles. The van der Waals surface area contributed by atoms with Crippen molar-refractivity contribution in [2.75, 3.05) is 26.9 Å². The second-order valence-corrected chi connectivity index (χ2v) is 3.89. The van der Waals surface area contributed by atoms with Crippen molar-refractivity contribution in [1.29, 1.82) is 0 Å². The average molecular weight is 255 g/mol. The maximum Gasteiger partial charge on any atom is 0.161 e. The van der Waals surface area contributed by atoms with Crippen LogP contribution in [0, 0.1) is 0 Å². The molecule has 0 fully saturated rings. The van der Waals surface area contributed by atoms with Gasteiger partial charge < -0.3 is 25.0 Å². The van der Waals surface area contributed by atoms with Crippen LogP contribution in [0.25, 0.3) is 0 Å². The topological polar surface area (TPSA) is 71.0 Å². The standard InChI is InChI=1S/C13H21NO4/c1-3-14-11(8-16)9-18-12-5-4-10(7-15)6-13(12)17-2/h4-6,11,14-16H,3,7-9H2,1-2H3. The van der Waals surface area contributed by atoms with E-state index in [1.165, 1.54) is 0 Å². The van der Waals surface area contributed by atoms with E-state index in [4.69, 9.17) is 19.7 Å². The van der Waals surface area contributed by atoms with Gasteiger partial charge in [-0.15, -0.1) is 0 Å². The molecule has 0 radical (unpaired) electrons. The van der Waals surface area contributed by atoms with Crippen molar-refractivity contribution in [3.05, 3.63) is 23.8 Å². The van der Waals surface area contributed by atoms with Gasteiger partial charge in [0.2, 0.25) is 0 Å². The van der Waals surface area contributed by atoms with Crippen LogP contribution in [0.5, 0.6) is 11.5 Å². The minimum absolute atomic E-state index is 0.0187. The summed E-state index contributed by atoms with van der Waals surface area (Å²) >= 11 is 0. The lowest BCUT2D eigenvalue weighted by atomic mass is 10.2. The Morgan fingerprint density at radius 2 is 2.06 bits per heavy atom. The molecule has 0 aliphatic carbocycles. The molecule has 5 nitrogen and oxygen atoms in total. The van der Waals surface area contributed by atoms with Crippen LogP contribution in [0.2, 0.25) is 0 Å². The number of nitrogens with one attached hydrogen (secondary N) is 1. The Hall–Kier alpha value is -1.30. The largest absolute Gasteiger partial charge is 0.493 e. The van der Waals surface area contributed by atoms with Crippen molar-refractivity contribution >= 4 is 0 Å². The van der Waals surface area contributed by atoms with Crippen LogP contribution in [0.3, 0.4) is 0 Å². The molecule has 0 bridgehead atoms. The van der Waals surface area contributed by atoms with Gasteiger partial charge in [0.25, 0.3) is 0 Å². The van der Waals surface area contributed by atoms with Crippen LogP contribution in [-0.2, 0) is 6.61 Å². The lowest BCUT2D eigenvalue weighted by Crippen LogP contribution is -2.37. The highest BCUT2D eigenvalue weighted by Gasteiger charge is 2.10. The molecule has 0 aromatic heterocycles. The highest BCUT2D eigenvalue weighted by atomic mass is 16.5. The first kappa shape index (κ1) is 14.8. The molecule has 1 aromatic rings. The van der Waals surface area contributed by atoms with Gasteiger partial charge in [-0.1, -0.05) is 13.0 Å². The molecule has 1 aromatic carbocycles. The van der Waals surface area contributed by atoms with Crippen molar-refractivity contribution in [3.63, 3.8) is 0 Å². The monoisotopic (exact) mass is 255 g/mol. The van der Waals surface area contributed by atoms with Gasteiger partial charge in [0.15, 0.2) is 11.5 Å². The summed E-state index contributed by atoms with van der Waals surface area (Å²) in [4.78, 5) is 0. The molecule has 0 aliphatic rings. The Morgan fingerprint density at radius 3 is 2.61 bits per heavy atom. The maximum atomic E-state index is 9.14. The maximum absolute atomic E-state index is 9.14. The molecule has 0 amide bonds. The number of aliphatic hydroxyl groups excluding tert-OH is 2. The number of ether oxygens (including phenoxy) is 2. The van der Waals surface area contributed by atoms with Crippen LogP contribution < -0.4 is 14.8 Å². The third-order valence-corrected chi connectivity index (χ3v) is 2.56. The SMILES string of the molecule is CCNC(CO)COc1ccc(CO)cc1OC. The number of benzene rings is 1. The molecule has 1 rings (SSSR count). The summed E-state index contributed by atoms with van der Waals surface area (Å²) in [5.41, 5.74) is 0.768. The van der Waals surface area contributed by atoms with E-state index in [0.29, 0.717) is 18.1 Å². The molecule has 5 heteroatoms. The molecule has 1 atom stereocenters. The second-order valence-electron chi connectivity index (χ2n) is 3.89. The smallest absolute Gasteiger partial charge is 0.161 e. The Balaban J connectivity index is 2.65. The number of likely N-dealkylation sites (N-methyl/N-ethyl adjacent to an activating group) is 1. The number of methoxy groups -OCH3 is 1. The fraction of sp³-hybridized carbons (Fsp3) is 0.538. The highest BCUT2D eigenvalue weighted by molar-refractivity contribution is 5.42. The molecular formula is C13H21NO4. The summed E-state index contributed by atoms with van der Waals surface area (Å²) in [6.45, 7) is 3.09. The first-order valence-corrected chi connectivity index (χ1v) is 6.00. The summed E-state index contributed by atoms with van der Waals surface area (Å²) in [6, 6.07) is 5.16. The Kier molecular flexibility index (Phi) is 6.49. The average Bonchev–Trinajstić information content (AvgIpc) is 2.43. The van der Waals surface area contributed by atoms with Gasteiger partial charge in [0.1, 0.15) is 6.61 Å².